The molecule has 4 nitrogen and oxygen atoms in total. The van der Waals surface area contributed by atoms with E-state index in [0.717, 1.165) is 10.7 Å². The molecular weight excluding hydrogens is 212 g/mol. The third kappa shape index (κ3) is 3.87. The van der Waals surface area contributed by atoms with Crippen LogP contribution in [0.25, 0.3) is 0 Å². The van der Waals surface area contributed by atoms with Gasteiger partial charge in [0.15, 0.2) is 0 Å². The maximum Gasteiger partial charge on any atom is 0.309 e. The summed E-state index contributed by atoms with van der Waals surface area (Å²) in [7, 11) is 1.40. The smallest absolute Gasteiger partial charge is 0.309 e. The molecule has 5 heteroatoms. The summed E-state index contributed by atoms with van der Waals surface area (Å²) in [6.45, 7) is 3.72. The molecule has 0 fully saturated rings. The highest BCUT2D eigenvalue weighted by molar-refractivity contribution is 7.99. The van der Waals surface area contributed by atoms with Crippen molar-refractivity contribution >= 4 is 17.7 Å². The molecule has 0 N–H and O–H groups in total. The Hall–Kier alpha value is -1.10. The molecule has 1 aromatic rings. The van der Waals surface area contributed by atoms with Gasteiger partial charge in [-0.1, -0.05) is 6.92 Å². The minimum Gasteiger partial charge on any atom is -0.469 e. The summed E-state index contributed by atoms with van der Waals surface area (Å²) in [6, 6.07) is 3.80. The van der Waals surface area contributed by atoms with Gasteiger partial charge in [0.1, 0.15) is 5.03 Å². The summed E-state index contributed by atoms with van der Waals surface area (Å²) in [5, 5.41) is 8.76. The summed E-state index contributed by atoms with van der Waals surface area (Å²) in [4.78, 5) is 11.1. The van der Waals surface area contributed by atoms with E-state index in [0.29, 0.717) is 5.75 Å². The van der Waals surface area contributed by atoms with E-state index >= 15 is 0 Å². The van der Waals surface area contributed by atoms with Crippen LogP contribution in [-0.4, -0.2) is 29.0 Å². The first-order valence-corrected chi connectivity index (χ1v) is 5.63. The zero-order chi connectivity index (χ0) is 11.3. The molecule has 1 unspecified atom stereocenters. The second kappa shape index (κ2) is 5.70. The van der Waals surface area contributed by atoms with Gasteiger partial charge in [0.25, 0.3) is 0 Å². The van der Waals surface area contributed by atoms with Gasteiger partial charge < -0.3 is 4.74 Å². The quantitative estimate of drug-likeness (QED) is 0.577. The molecule has 0 saturated heterocycles. The van der Waals surface area contributed by atoms with Gasteiger partial charge >= 0.3 is 5.97 Å². The summed E-state index contributed by atoms with van der Waals surface area (Å²) in [5.41, 5.74) is 0.889. The molecule has 1 rings (SSSR count). The Morgan fingerprint density at radius 2 is 2.27 bits per heavy atom. The third-order valence-electron chi connectivity index (χ3n) is 1.86. The van der Waals surface area contributed by atoms with Crippen LogP contribution in [0.2, 0.25) is 0 Å². The number of carbonyl (C=O) groups excluding carboxylic acids is 1. The Morgan fingerprint density at radius 3 is 2.80 bits per heavy atom. The van der Waals surface area contributed by atoms with E-state index in [4.69, 9.17) is 0 Å². The van der Waals surface area contributed by atoms with Gasteiger partial charge in [-0.3, -0.25) is 4.79 Å². The van der Waals surface area contributed by atoms with Gasteiger partial charge in [0.05, 0.1) is 18.7 Å². The van der Waals surface area contributed by atoms with Crippen molar-refractivity contribution in [2.24, 2.45) is 5.92 Å². The van der Waals surface area contributed by atoms with Gasteiger partial charge in [0.2, 0.25) is 0 Å². The molecule has 0 aromatic carbocycles. The van der Waals surface area contributed by atoms with Crippen LogP contribution < -0.4 is 0 Å². The van der Waals surface area contributed by atoms with E-state index in [1.54, 1.807) is 0 Å². The number of carbonyl (C=O) groups is 1. The van der Waals surface area contributed by atoms with Gasteiger partial charge in [-0.15, -0.1) is 16.9 Å². The standard InChI is InChI=1S/C10H14N2O2S/c1-7(10(13)14-3)6-15-9-5-4-8(2)11-12-9/h4-5,7H,6H2,1-3H3. The van der Waals surface area contributed by atoms with Crippen LogP contribution in [0.15, 0.2) is 17.2 Å². The Balaban J connectivity index is 2.43. The lowest BCUT2D eigenvalue weighted by Crippen LogP contribution is -2.14. The number of aromatic nitrogens is 2. The van der Waals surface area contributed by atoms with Crippen LogP contribution in [0, 0.1) is 12.8 Å². The van der Waals surface area contributed by atoms with Crippen LogP contribution in [-0.2, 0) is 9.53 Å². The normalized spacial score (nSPS) is 12.2. The molecule has 0 saturated carbocycles. The number of methoxy groups -OCH3 is 1. The highest BCUT2D eigenvalue weighted by Crippen LogP contribution is 2.18. The van der Waals surface area contributed by atoms with Crippen LogP contribution >= 0.6 is 11.8 Å². The Bertz CT molecular complexity index is 327. The monoisotopic (exact) mass is 226 g/mol. The third-order valence-corrected chi connectivity index (χ3v) is 3.04. The first kappa shape index (κ1) is 12.0. The van der Waals surface area contributed by atoms with E-state index in [1.165, 1.54) is 18.9 Å². The van der Waals surface area contributed by atoms with Crippen molar-refractivity contribution in [1.29, 1.82) is 0 Å². The Morgan fingerprint density at radius 1 is 1.53 bits per heavy atom. The number of hydrogen-bond donors (Lipinski definition) is 0. The fourth-order valence-corrected chi connectivity index (χ4v) is 1.76. The van der Waals surface area contributed by atoms with Crippen molar-refractivity contribution in [3.05, 3.63) is 17.8 Å². The number of thioether (sulfide) groups is 1. The van der Waals surface area contributed by atoms with Gasteiger partial charge in [-0.05, 0) is 19.1 Å². The summed E-state index contributed by atoms with van der Waals surface area (Å²) in [6.07, 6.45) is 0. The largest absolute Gasteiger partial charge is 0.469 e. The lowest BCUT2D eigenvalue weighted by molar-refractivity contribution is -0.143. The molecule has 82 valence electrons. The van der Waals surface area contributed by atoms with Crippen LogP contribution in [0.1, 0.15) is 12.6 Å². The van der Waals surface area contributed by atoms with Crippen molar-refractivity contribution in [2.75, 3.05) is 12.9 Å². The van der Waals surface area contributed by atoms with E-state index in [-0.39, 0.29) is 11.9 Å². The summed E-state index contributed by atoms with van der Waals surface area (Å²) in [5.74, 6) is 0.343. The second-order valence-electron chi connectivity index (χ2n) is 3.25. The Kier molecular flexibility index (Phi) is 4.55. The number of nitrogens with zero attached hydrogens (tertiary/aromatic N) is 2. The number of aryl methyl sites for hydroxylation is 1. The van der Waals surface area contributed by atoms with Crippen molar-refractivity contribution in [1.82, 2.24) is 10.2 Å². The zero-order valence-electron chi connectivity index (χ0n) is 9.06. The Labute approximate surface area is 93.4 Å². The van der Waals surface area contributed by atoms with Crippen LogP contribution in [0.5, 0.6) is 0 Å². The maximum atomic E-state index is 11.1. The molecule has 1 aromatic heterocycles. The van der Waals surface area contributed by atoms with Crippen molar-refractivity contribution in [2.45, 2.75) is 18.9 Å². The minimum absolute atomic E-state index is 0.122. The average Bonchev–Trinajstić information content (AvgIpc) is 2.26. The molecule has 0 amide bonds. The second-order valence-corrected chi connectivity index (χ2v) is 4.29. The van der Waals surface area contributed by atoms with Crippen molar-refractivity contribution in [3.63, 3.8) is 0 Å². The predicted octanol–water partition coefficient (Wildman–Crippen LogP) is 1.69. The molecule has 1 atom stereocenters. The molecule has 0 aliphatic carbocycles. The topological polar surface area (TPSA) is 52.1 Å². The molecular formula is C10H14N2O2S. The first-order chi connectivity index (χ1) is 7.13. The van der Waals surface area contributed by atoms with E-state index < -0.39 is 0 Å². The summed E-state index contributed by atoms with van der Waals surface area (Å²) >= 11 is 1.51. The SMILES string of the molecule is COC(=O)C(C)CSc1ccc(C)nn1. The molecule has 15 heavy (non-hydrogen) atoms. The zero-order valence-corrected chi connectivity index (χ0v) is 9.87. The van der Waals surface area contributed by atoms with E-state index in [9.17, 15) is 4.79 Å². The van der Waals surface area contributed by atoms with Gasteiger partial charge in [-0.25, -0.2) is 0 Å². The van der Waals surface area contributed by atoms with Crippen molar-refractivity contribution in [3.8, 4) is 0 Å². The van der Waals surface area contributed by atoms with E-state index in [1.807, 2.05) is 26.0 Å². The fraction of sp³-hybridized carbons (Fsp3) is 0.500. The molecule has 0 aliphatic heterocycles. The lowest BCUT2D eigenvalue weighted by atomic mass is 10.2. The predicted molar refractivity (Wildman–Crippen MR) is 58.7 cm³/mol. The number of rotatable bonds is 4. The number of ether oxygens (including phenoxy) is 1. The first-order valence-electron chi connectivity index (χ1n) is 4.64. The number of esters is 1. The maximum absolute atomic E-state index is 11.1. The number of hydrogen-bond acceptors (Lipinski definition) is 5. The molecule has 1 heterocycles. The van der Waals surface area contributed by atoms with Crippen molar-refractivity contribution < 1.29 is 9.53 Å². The van der Waals surface area contributed by atoms with E-state index in [2.05, 4.69) is 14.9 Å². The highest BCUT2D eigenvalue weighted by Gasteiger charge is 2.13. The lowest BCUT2D eigenvalue weighted by Gasteiger charge is -2.07. The minimum atomic E-state index is -0.192. The average molecular weight is 226 g/mol. The van der Waals surface area contributed by atoms with Gasteiger partial charge in [-0.2, -0.15) is 5.10 Å². The molecule has 0 bridgehead atoms. The fourth-order valence-electron chi connectivity index (χ4n) is 0.943. The van der Waals surface area contributed by atoms with Crippen LogP contribution in [0.4, 0.5) is 0 Å². The molecule has 0 radical (unpaired) electrons. The highest BCUT2D eigenvalue weighted by atomic mass is 32.2. The molecule has 0 spiro atoms. The summed E-state index contributed by atoms with van der Waals surface area (Å²) < 4.78 is 4.63. The van der Waals surface area contributed by atoms with Crippen LogP contribution in [0.3, 0.4) is 0 Å². The van der Waals surface area contributed by atoms with Gasteiger partial charge in [0, 0.05) is 5.75 Å². The molecule has 0 aliphatic rings.